The van der Waals surface area contributed by atoms with Gasteiger partial charge in [0.25, 0.3) is 0 Å². The van der Waals surface area contributed by atoms with E-state index < -0.39 is 6.29 Å². The second kappa shape index (κ2) is 6.78. The lowest BCUT2D eigenvalue weighted by molar-refractivity contribution is -0.183. The van der Waals surface area contributed by atoms with Crippen LogP contribution in [0.1, 0.15) is 23.8 Å². The van der Waals surface area contributed by atoms with E-state index >= 15 is 0 Å². The molecule has 1 N–H and O–H groups in total. The molecular weight excluding hydrogens is 224 g/mol. The summed E-state index contributed by atoms with van der Waals surface area (Å²) in [6.45, 7) is 3.36. The lowest BCUT2D eigenvalue weighted by Gasteiger charge is -2.24. The standard InChI is InChI=1S/C11H14O3.CH4S/c1-8-3-4-10(12)9(7-8)11-13-5-2-6-14-11;1-2/h3-4,7,11-12H,2,5-6H2,1H3;2H,1H3. The lowest BCUT2D eigenvalue weighted by Crippen LogP contribution is -2.17. The van der Waals surface area contributed by atoms with Gasteiger partial charge in [0.15, 0.2) is 6.29 Å². The first kappa shape index (κ1) is 13.4. The van der Waals surface area contributed by atoms with E-state index in [0.717, 1.165) is 17.5 Å². The number of aromatic hydroxyl groups is 1. The van der Waals surface area contributed by atoms with Gasteiger partial charge in [-0.15, -0.1) is 0 Å². The maximum Gasteiger partial charge on any atom is 0.187 e. The topological polar surface area (TPSA) is 38.7 Å². The summed E-state index contributed by atoms with van der Waals surface area (Å²) >= 11 is 3.53. The number of ether oxygens (including phenoxy) is 2. The molecule has 1 heterocycles. The van der Waals surface area contributed by atoms with Crippen LogP contribution in [0.15, 0.2) is 18.2 Å². The Bertz CT molecular complexity index is 322. The highest BCUT2D eigenvalue weighted by molar-refractivity contribution is 7.79. The molecule has 0 aliphatic carbocycles. The van der Waals surface area contributed by atoms with Crippen LogP contribution in [0.3, 0.4) is 0 Å². The zero-order chi connectivity index (χ0) is 12.0. The molecule has 0 unspecified atom stereocenters. The van der Waals surface area contributed by atoms with E-state index in [0.29, 0.717) is 13.2 Å². The van der Waals surface area contributed by atoms with Gasteiger partial charge in [0, 0.05) is 5.56 Å². The Kier molecular flexibility index (Phi) is 5.66. The molecule has 4 heteroatoms. The van der Waals surface area contributed by atoms with Gasteiger partial charge in [-0.3, -0.25) is 0 Å². The normalized spacial score (nSPS) is 16.4. The van der Waals surface area contributed by atoms with Gasteiger partial charge in [0.05, 0.1) is 13.2 Å². The number of rotatable bonds is 1. The van der Waals surface area contributed by atoms with Crippen LogP contribution in [0.4, 0.5) is 0 Å². The first-order valence-corrected chi connectivity index (χ1v) is 6.14. The zero-order valence-electron chi connectivity index (χ0n) is 9.64. The quantitative estimate of drug-likeness (QED) is 0.744. The van der Waals surface area contributed by atoms with Gasteiger partial charge in [-0.1, -0.05) is 11.6 Å². The number of aryl methyl sites for hydroxylation is 1. The highest BCUT2D eigenvalue weighted by Gasteiger charge is 2.19. The molecule has 0 bridgehead atoms. The number of thiol groups is 1. The highest BCUT2D eigenvalue weighted by Crippen LogP contribution is 2.30. The van der Waals surface area contributed by atoms with E-state index in [4.69, 9.17) is 9.47 Å². The van der Waals surface area contributed by atoms with Crippen LogP contribution in [0.2, 0.25) is 0 Å². The molecule has 1 aromatic rings. The minimum absolute atomic E-state index is 0.238. The van der Waals surface area contributed by atoms with Crippen LogP contribution < -0.4 is 0 Å². The van der Waals surface area contributed by atoms with Gasteiger partial charge in [-0.2, -0.15) is 12.6 Å². The van der Waals surface area contributed by atoms with Crippen molar-refractivity contribution in [2.24, 2.45) is 0 Å². The van der Waals surface area contributed by atoms with Crippen molar-refractivity contribution in [3.8, 4) is 5.75 Å². The van der Waals surface area contributed by atoms with Gasteiger partial charge in [-0.25, -0.2) is 0 Å². The Morgan fingerprint density at radius 2 is 1.88 bits per heavy atom. The number of hydrogen-bond donors (Lipinski definition) is 2. The maximum atomic E-state index is 9.63. The van der Waals surface area contributed by atoms with Crippen LogP contribution in [0.5, 0.6) is 5.75 Å². The number of phenols is 1. The van der Waals surface area contributed by atoms with Gasteiger partial charge in [-0.05, 0) is 31.7 Å². The maximum absolute atomic E-state index is 9.63. The molecule has 1 saturated heterocycles. The van der Waals surface area contributed by atoms with Crippen LogP contribution >= 0.6 is 12.6 Å². The van der Waals surface area contributed by atoms with Gasteiger partial charge < -0.3 is 14.6 Å². The van der Waals surface area contributed by atoms with Crippen molar-refractivity contribution in [1.29, 1.82) is 0 Å². The molecule has 0 amide bonds. The molecule has 3 nitrogen and oxygen atoms in total. The number of hydrogen-bond acceptors (Lipinski definition) is 4. The molecule has 16 heavy (non-hydrogen) atoms. The highest BCUT2D eigenvalue weighted by atomic mass is 32.1. The molecule has 0 aromatic heterocycles. The zero-order valence-corrected chi connectivity index (χ0v) is 10.5. The first-order valence-electron chi connectivity index (χ1n) is 5.25. The summed E-state index contributed by atoms with van der Waals surface area (Å²) in [5, 5.41) is 9.63. The van der Waals surface area contributed by atoms with Crippen LogP contribution in [0.25, 0.3) is 0 Å². The average molecular weight is 242 g/mol. The second-order valence-corrected chi connectivity index (χ2v) is 3.49. The smallest absolute Gasteiger partial charge is 0.187 e. The Balaban J connectivity index is 0.000000606. The summed E-state index contributed by atoms with van der Waals surface area (Å²) in [6.07, 6.45) is 2.21. The largest absolute Gasteiger partial charge is 0.507 e. The molecule has 0 radical (unpaired) electrons. The average Bonchev–Trinajstić information content (AvgIpc) is 2.36. The fourth-order valence-corrected chi connectivity index (χ4v) is 1.53. The van der Waals surface area contributed by atoms with Crippen molar-refractivity contribution in [1.82, 2.24) is 0 Å². The number of phenolic OH excluding ortho intramolecular Hbond substituents is 1. The summed E-state index contributed by atoms with van der Waals surface area (Å²) < 4.78 is 10.8. The molecule has 1 aliphatic rings. The van der Waals surface area contributed by atoms with E-state index in [2.05, 4.69) is 12.6 Å². The van der Waals surface area contributed by atoms with E-state index in [9.17, 15) is 5.11 Å². The van der Waals surface area contributed by atoms with E-state index in [-0.39, 0.29) is 5.75 Å². The molecule has 0 saturated carbocycles. The SMILES string of the molecule is CS.Cc1ccc(O)c(C2OCCCO2)c1. The minimum atomic E-state index is -0.399. The summed E-state index contributed by atoms with van der Waals surface area (Å²) in [4.78, 5) is 0. The summed E-state index contributed by atoms with van der Waals surface area (Å²) in [5.41, 5.74) is 1.82. The molecule has 1 fully saturated rings. The van der Waals surface area contributed by atoms with Crippen molar-refractivity contribution in [2.45, 2.75) is 19.6 Å². The molecule has 90 valence electrons. The third-order valence-electron chi connectivity index (χ3n) is 2.26. The van der Waals surface area contributed by atoms with Crippen LogP contribution in [-0.4, -0.2) is 24.6 Å². The Labute approximate surface area is 102 Å². The second-order valence-electron chi connectivity index (χ2n) is 3.49. The number of benzene rings is 1. The Morgan fingerprint density at radius 3 is 2.50 bits per heavy atom. The van der Waals surface area contributed by atoms with Crippen LogP contribution in [-0.2, 0) is 9.47 Å². The molecule has 2 rings (SSSR count). The summed E-state index contributed by atoms with van der Waals surface area (Å²) in [7, 11) is 0. The Morgan fingerprint density at radius 1 is 1.25 bits per heavy atom. The van der Waals surface area contributed by atoms with Crippen molar-refractivity contribution >= 4 is 12.6 Å². The summed E-state index contributed by atoms with van der Waals surface area (Å²) in [5.74, 6) is 0.238. The van der Waals surface area contributed by atoms with Crippen molar-refractivity contribution in [3.63, 3.8) is 0 Å². The van der Waals surface area contributed by atoms with Crippen molar-refractivity contribution < 1.29 is 14.6 Å². The van der Waals surface area contributed by atoms with Gasteiger partial charge in [0.2, 0.25) is 0 Å². The fraction of sp³-hybridized carbons (Fsp3) is 0.500. The van der Waals surface area contributed by atoms with Crippen molar-refractivity contribution in [3.05, 3.63) is 29.3 Å². The minimum Gasteiger partial charge on any atom is -0.507 e. The third-order valence-corrected chi connectivity index (χ3v) is 2.26. The first-order chi connectivity index (χ1) is 7.77. The van der Waals surface area contributed by atoms with E-state index in [1.54, 1.807) is 12.3 Å². The van der Waals surface area contributed by atoms with Gasteiger partial charge >= 0.3 is 0 Å². The lowest BCUT2D eigenvalue weighted by atomic mass is 10.1. The molecule has 1 aliphatic heterocycles. The predicted molar refractivity (Wildman–Crippen MR) is 67.0 cm³/mol. The fourth-order valence-electron chi connectivity index (χ4n) is 1.53. The summed E-state index contributed by atoms with van der Waals surface area (Å²) in [6, 6.07) is 5.43. The molecule has 0 atom stereocenters. The van der Waals surface area contributed by atoms with Crippen molar-refractivity contribution in [2.75, 3.05) is 19.5 Å². The van der Waals surface area contributed by atoms with Crippen LogP contribution in [0, 0.1) is 6.92 Å². The molecule has 1 aromatic carbocycles. The van der Waals surface area contributed by atoms with E-state index in [1.165, 1.54) is 0 Å². The molecular formula is C12H18O3S. The predicted octanol–water partition coefficient (Wildman–Crippen LogP) is 2.68. The van der Waals surface area contributed by atoms with E-state index in [1.807, 2.05) is 19.1 Å². The monoisotopic (exact) mass is 242 g/mol. The third kappa shape index (κ3) is 3.40. The van der Waals surface area contributed by atoms with Gasteiger partial charge in [0.1, 0.15) is 5.75 Å². The molecule has 0 spiro atoms. The Hall–Kier alpha value is -0.710.